The number of nitrogens with zero attached hydrogens (tertiary/aromatic N) is 1. The molecule has 1 heterocycles. The number of alkyl halides is 1. The van der Waals surface area contributed by atoms with E-state index in [2.05, 4.69) is 0 Å². The lowest BCUT2D eigenvalue weighted by molar-refractivity contribution is 0.0708. The summed E-state index contributed by atoms with van der Waals surface area (Å²) in [7, 11) is 1.61. The van der Waals surface area contributed by atoms with Crippen molar-refractivity contribution in [2.24, 2.45) is 0 Å². The zero-order chi connectivity index (χ0) is 13.7. The van der Waals surface area contributed by atoms with Gasteiger partial charge in [-0.1, -0.05) is 18.2 Å². The minimum atomic E-state index is -0.0809. The molecule has 1 amide bonds. The molecule has 2 aromatic rings. The number of halogens is 1. The summed E-state index contributed by atoms with van der Waals surface area (Å²) in [6.07, 6.45) is 1.50. The average Bonchev–Trinajstić information content (AvgIpc) is 2.86. The molecule has 0 radical (unpaired) electrons. The lowest BCUT2D eigenvalue weighted by Gasteiger charge is -2.20. The summed E-state index contributed by atoms with van der Waals surface area (Å²) in [5.41, 5.74) is 1.28. The predicted octanol–water partition coefficient (Wildman–Crippen LogP) is 2.76. The second-order valence-electron chi connectivity index (χ2n) is 4.12. The van der Waals surface area contributed by atoms with Gasteiger partial charge in [0.15, 0.2) is 0 Å². The minimum absolute atomic E-state index is 0.0809. The molecule has 19 heavy (non-hydrogen) atoms. The fraction of sp³-hybridized carbons (Fsp3) is 0.357. The summed E-state index contributed by atoms with van der Waals surface area (Å²) < 4.78 is 10.4. The molecular formula is C14H16ClNO3. The Morgan fingerprint density at radius 1 is 1.37 bits per heavy atom. The van der Waals surface area contributed by atoms with Gasteiger partial charge in [0, 0.05) is 31.5 Å². The van der Waals surface area contributed by atoms with Gasteiger partial charge >= 0.3 is 0 Å². The molecule has 1 aromatic carbocycles. The SMILES string of the molecule is COCCN(CCCl)C(=O)c1coc2ccccc12. The summed E-state index contributed by atoms with van der Waals surface area (Å²) in [6.45, 7) is 1.49. The molecule has 0 spiro atoms. The number of methoxy groups -OCH3 is 1. The summed E-state index contributed by atoms with van der Waals surface area (Å²) in [5, 5.41) is 0.824. The maximum Gasteiger partial charge on any atom is 0.257 e. The second-order valence-corrected chi connectivity index (χ2v) is 4.50. The van der Waals surface area contributed by atoms with Crippen LogP contribution in [0, 0.1) is 0 Å². The Kier molecular flexibility index (Phi) is 4.82. The van der Waals surface area contributed by atoms with Crippen LogP contribution in [0.25, 0.3) is 11.0 Å². The highest BCUT2D eigenvalue weighted by molar-refractivity contribution is 6.18. The molecule has 0 fully saturated rings. The van der Waals surface area contributed by atoms with Gasteiger partial charge in [-0.2, -0.15) is 0 Å². The molecule has 5 heteroatoms. The van der Waals surface area contributed by atoms with Crippen molar-refractivity contribution in [2.45, 2.75) is 0 Å². The largest absolute Gasteiger partial charge is 0.463 e. The van der Waals surface area contributed by atoms with E-state index in [9.17, 15) is 4.79 Å². The third kappa shape index (κ3) is 3.08. The van der Waals surface area contributed by atoms with E-state index in [4.69, 9.17) is 20.8 Å². The van der Waals surface area contributed by atoms with Crippen molar-refractivity contribution in [2.75, 3.05) is 32.7 Å². The van der Waals surface area contributed by atoms with Gasteiger partial charge in [-0.3, -0.25) is 4.79 Å². The van der Waals surface area contributed by atoms with Crippen LogP contribution in [0.5, 0.6) is 0 Å². The monoisotopic (exact) mass is 281 g/mol. The fourth-order valence-electron chi connectivity index (χ4n) is 1.93. The molecule has 0 aliphatic carbocycles. The zero-order valence-corrected chi connectivity index (χ0v) is 11.5. The van der Waals surface area contributed by atoms with Gasteiger partial charge in [0.1, 0.15) is 11.8 Å². The van der Waals surface area contributed by atoms with E-state index in [0.717, 1.165) is 5.39 Å². The van der Waals surface area contributed by atoms with Crippen molar-refractivity contribution in [1.29, 1.82) is 0 Å². The fourth-order valence-corrected chi connectivity index (χ4v) is 2.14. The second kappa shape index (κ2) is 6.59. The number of carbonyl (C=O) groups excluding carboxylic acids is 1. The van der Waals surface area contributed by atoms with Crippen LogP contribution in [0.2, 0.25) is 0 Å². The van der Waals surface area contributed by atoms with Crippen molar-refractivity contribution < 1.29 is 13.9 Å². The summed E-state index contributed by atoms with van der Waals surface area (Å²) in [6, 6.07) is 7.48. The third-order valence-electron chi connectivity index (χ3n) is 2.92. The molecule has 4 nitrogen and oxygen atoms in total. The van der Waals surface area contributed by atoms with Crippen LogP contribution in [0.15, 0.2) is 34.9 Å². The van der Waals surface area contributed by atoms with E-state index in [1.807, 2.05) is 24.3 Å². The van der Waals surface area contributed by atoms with Crippen LogP contribution in [0.3, 0.4) is 0 Å². The number of amides is 1. The van der Waals surface area contributed by atoms with Crippen molar-refractivity contribution in [3.63, 3.8) is 0 Å². The third-order valence-corrected chi connectivity index (χ3v) is 3.09. The molecule has 2 rings (SSSR count). The molecule has 0 atom stereocenters. The Labute approximate surface area is 116 Å². The molecule has 0 saturated heterocycles. The molecule has 0 aliphatic rings. The molecule has 0 saturated carbocycles. The highest BCUT2D eigenvalue weighted by Gasteiger charge is 2.19. The Hall–Kier alpha value is -1.52. The standard InChI is InChI=1S/C14H16ClNO3/c1-18-9-8-16(7-6-15)14(17)12-10-19-13-5-3-2-4-11(12)13/h2-5,10H,6-9H2,1H3. The predicted molar refractivity (Wildman–Crippen MR) is 74.7 cm³/mol. The van der Waals surface area contributed by atoms with Crippen LogP contribution in [0.1, 0.15) is 10.4 Å². The number of benzene rings is 1. The first-order valence-electron chi connectivity index (χ1n) is 6.08. The van der Waals surface area contributed by atoms with Gasteiger partial charge in [0.25, 0.3) is 5.91 Å². The molecule has 0 unspecified atom stereocenters. The van der Waals surface area contributed by atoms with Gasteiger partial charge in [-0.25, -0.2) is 0 Å². The first-order chi connectivity index (χ1) is 9.27. The van der Waals surface area contributed by atoms with Crippen LogP contribution in [-0.2, 0) is 4.74 Å². The van der Waals surface area contributed by atoms with Gasteiger partial charge < -0.3 is 14.1 Å². The van der Waals surface area contributed by atoms with E-state index in [1.54, 1.807) is 12.0 Å². The average molecular weight is 282 g/mol. The van der Waals surface area contributed by atoms with Gasteiger partial charge in [-0.15, -0.1) is 11.6 Å². The molecule has 0 aliphatic heterocycles. The van der Waals surface area contributed by atoms with E-state index in [-0.39, 0.29) is 5.91 Å². The Morgan fingerprint density at radius 2 is 2.16 bits per heavy atom. The summed E-state index contributed by atoms with van der Waals surface area (Å²) >= 11 is 5.74. The highest BCUT2D eigenvalue weighted by atomic mass is 35.5. The first kappa shape index (κ1) is 13.9. The Bertz CT molecular complexity index is 552. The van der Waals surface area contributed by atoms with Crippen LogP contribution >= 0.6 is 11.6 Å². The Morgan fingerprint density at radius 3 is 2.89 bits per heavy atom. The quantitative estimate of drug-likeness (QED) is 0.765. The molecule has 102 valence electrons. The highest BCUT2D eigenvalue weighted by Crippen LogP contribution is 2.22. The van der Waals surface area contributed by atoms with Crippen molar-refractivity contribution in [3.8, 4) is 0 Å². The number of ether oxygens (including phenoxy) is 1. The van der Waals surface area contributed by atoms with Crippen molar-refractivity contribution >= 4 is 28.5 Å². The summed E-state index contributed by atoms with van der Waals surface area (Å²) in [5.74, 6) is 0.313. The molecular weight excluding hydrogens is 266 g/mol. The normalized spacial score (nSPS) is 10.8. The van der Waals surface area contributed by atoms with Crippen molar-refractivity contribution in [3.05, 3.63) is 36.1 Å². The van der Waals surface area contributed by atoms with Gasteiger partial charge in [0.2, 0.25) is 0 Å². The first-order valence-corrected chi connectivity index (χ1v) is 6.61. The molecule has 1 aromatic heterocycles. The van der Waals surface area contributed by atoms with Crippen LogP contribution in [0.4, 0.5) is 0 Å². The minimum Gasteiger partial charge on any atom is -0.463 e. The van der Waals surface area contributed by atoms with E-state index < -0.39 is 0 Å². The molecule has 0 N–H and O–H groups in total. The summed E-state index contributed by atoms with van der Waals surface area (Å²) in [4.78, 5) is 14.1. The smallest absolute Gasteiger partial charge is 0.257 e. The number of furan rings is 1. The van der Waals surface area contributed by atoms with E-state index >= 15 is 0 Å². The molecule has 0 bridgehead atoms. The van der Waals surface area contributed by atoms with Gasteiger partial charge in [-0.05, 0) is 6.07 Å². The number of carbonyl (C=O) groups is 1. The van der Waals surface area contributed by atoms with Crippen LogP contribution < -0.4 is 0 Å². The topological polar surface area (TPSA) is 42.7 Å². The van der Waals surface area contributed by atoms with Crippen LogP contribution in [-0.4, -0.2) is 43.5 Å². The van der Waals surface area contributed by atoms with Gasteiger partial charge in [0.05, 0.1) is 12.2 Å². The zero-order valence-electron chi connectivity index (χ0n) is 10.8. The van der Waals surface area contributed by atoms with Crippen molar-refractivity contribution in [1.82, 2.24) is 4.90 Å². The Balaban J connectivity index is 2.25. The number of para-hydroxylation sites is 1. The maximum atomic E-state index is 12.5. The number of hydrogen-bond acceptors (Lipinski definition) is 3. The van der Waals surface area contributed by atoms with E-state index in [0.29, 0.717) is 36.7 Å². The lowest BCUT2D eigenvalue weighted by atomic mass is 10.1. The maximum absolute atomic E-state index is 12.5. The lowest BCUT2D eigenvalue weighted by Crippen LogP contribution is -2.35. The number of rotatable bonds is 6. The van der Waals surface area contributed by atoms with E-state index in [1.165, 1.54) is 6.26 Å². The number of fused-ring (bicyclic) bond motifs is 1. The number of hydrogen-bond donors (Lipinski definition) is 0.